The fourth-order valence-corrected chi connectivity index (χ4v) is 2.17. The Balaban J connectivity index is 2.29. The van der Waals surface area contributed by atoms with E-state index in [4.69, 9.17) is 5.73 Å². The lowest BCUT2D eigenvalue weighted by atomic mass is 9.96. The molecule has 0 aromatic rings. The van der Waals surface area contributed by atoms with Crippen molar-refractivity contribution in [3.63, 3.8) is 0 Å². The second-order valence-electron chi connectivity index (χ2n) is 4.98. The summed E-state index contributed by atoms with van der Waals surface area (Å²) >= 11 is 0. The minimum absolute atomic E-state index is 0.00462. The number of rotatable bonds is 4. The minimum Gasteiger partial charge on any atom is -0.324 e. The highest BCUT2D eigenvalue weighted by atomic mass is 15.3. The standard InChI is InChI=1S/C11H25N3/c1-4-5-11(2,12)10-14-8-6-13(3)7-9-14/h4-10,12H2,1-3H3. The molecule has 1 aliphatic heterocycles. The molecule has 0 aliphatic carbocycles. The Bertz CT molecular complexity index is 160. The Morgan fingerprint density at radius 1 is 1.21 bits per heavy atom. The van der Waals surface area contributed by atoms with Crippen LogP contribution in [0.4, 0.5) is 0 Å². The van der Waals surface area contributed by atoms with Gasteiger partial charge in [0.2, 0.25) is 0 Å². The van der Waals surface area contributed by atoms with Gasteiger partial charge < -0.3 is 10.6 Å². The lowest BCUT2D eigenvalue weighted by molar-refractivity contribution is 0.127. The largest absolute Gasteiger partial charge is 0.324 e. The molecule has 0 saturated carbocycles. The average molecular weight is 199 g/mol. The smallest absolute Gasteiger partial charge is 0.0254 e. The molecule has 1 unspecified atom stereocenters. The van der Waals surface area contributed by atoms with Gasteiger partial charge in [0, 0.05) is 38.3 Å². The molecule has 1 heterocycles. The summed E-state index contributed by atoms with van der Waals surface area (Å²) in [5.41, 5.74) is 6.24. The summed E-state index contributed by atoms with van der Waals surface area (Å²) in [5.74, 6) is 0. The maximum absolute atomic E-state index is 6.24. The Morgan fingerprint density at radius 3 is 2.29 bits per heavy atom. The van der Waals surface area contributed by atoms with E-state index in [-0.39, 0.29) is 5.54 Å². The van der Waals surface area contributed by atoms with Crippen molar-refractivity contribution in [1.82, 2.24) is 9.80 Å². The van der Waals surface area contributed by atoms with Crippen molar-refractivity contribution in [3.05, 3.63) is 0 Å². The molecule has 0 amide bonds. The summed E-state index contributed by atoms with van der Waals surface area (Å²) in [6.45, 7) is 10.1. The van der Waals surface area contributed by atoms with Crippen molar-refractivity contribution in [1.29, 1.82) is 0 Å². The monoisotopic (exact) mass is 199 g/mol. The van der Waals surface area contributed by atoms with Crippen LogP contribution in [-0.4, -0.2) is 55.1 Å². The Morgan fingerprint density at radius 2 is 1.79 bits per heavy atom. The third-order valence-electron chi connectivity index (χ3n) is 3.00. The zero-order chi connectivity index (χ0) is 10.6. The van der Waals surface area contributed by atoms with Crippen molar-refractivity contribution in [3.8, 4) is 0 Å². The summed E-state index contributed by atoms with van der Waals surface area (Å²) in [5, 5.41) is 0. The quantitative estimate of drug-likeness (QED) is 0.725. The van der Waals surface area contributed by atoms with Gasteiger partial charge in [-0.25, -0.2) is 0 Å². The predicted molar refractivity (Wildman–Crippen MR) is 61.4 cm³/mol. The first kappa shape index (κ1) is 12.0. The minimum atomic E-state index is 0.00462. The van der Waals surface area contributed by atoms with E-state index in [1.54, 1.807) is 0 Å². The van der Waals surface area contributed by atoms with Crippen LogP contribution in [0.25, 0.3) is 0 Å². The van der Waals surface area contributed by atoms with Gasteiger partial charge in [-0.1, -0.05) is 13.3 Å². The normalized spacial score (nSPS) is 24.9. The lowest BCUT2D eigenvalue weighted by Gasteiger charge is -2.37. The molecule has 1 rings (SSSR count). The number of likely N-dealkylation sites (N-methyl/N-ethyl adjacent to an activating group) is 1. The second-order valence-corrected chi connectivity index (χ2v) is 4.98. The van der Waals surface area contributed by atoms with Crippen molar-refractivity contribution in [2.24, 2.45) is 5.73 Å². The Kier molecular flexibility index (Phi) is 4.35. The molecule has 0 radical (unpaired) electrons. The molecule has 3 heteroatoms. The van der Waals surface area contributed by atoms with Crippen molar-refractivity contribution >= 4 is 0 Å². The fourth-order valence-electron chi connectivity index (χ4n) is 2.17. The maximum atomic E-state index is 6.24. The summed E-state index contributed by atoms with van der Waals surface area (Å²) in [4.78, 5) is 4.87. The van der Waals surface area contributed by atoms with E-state index in [0.29, 0.717) is 0 Å². The van der Waals surface area contributed by atoms with Gasteiger partial charge >= 0.3 is 0 Å². The van der Waals surface area contributed by atoms with Crippen LogP contribution in [0.5, 0.6) is 0 Å². The maximum Gasteiger partial charge on any atom is 0.0254 e. The Hall–Kier alpha value is -0.120. The van der Waals surface area contributed by atoms with E-state index < -0.39 is 0 Å². The van der Waals surface area contributed by atoms with Gasteiger partial charge in [-0.3, -0.25) is 4.90 Å². The van der Waals surface area contributed by atoms with Crippen LogP contribution in [0.1, 0.15) is 26.7 Å². The van der Waals surface area contributed by atoms with Gasteiger partial charge in [-0.15, -0.1) is 0 Å². The van der Waals surface area contributed by atoms with Crippen molar-refractivity contribution < 1.29 is 0 Å². The molecule has 3 nitrogen and oxygen atoms in total. The van der Waals surface area contributed by atoms with Crippen LogP contribution in [0, 0.1) is 0 Å². The average Bonchev–Trinajstić information content (AvgIpc) is 2.08. The lowest BCUT2D eigenvalue weighted by Crippen LogP contribution is -2.53. The molecule has 1 fully saturated rings. The summed E-state index contributed by atoms with van der Waals surface area (Å²) in [6.07, 6.45) is 2.31. The van der Waals surface area contributed by atoms with Crippen LogP contribution < -0.4 is 5.73 Å². The van der Waals surface area contributed by atoms with Gasteiger partial charge in [-0.2, -0.15) is 0 Å². The molecule has 1 saturated heterocycles. The molecule has 0 aromatic carbocycles. The van der Waals surface area contributed by atoms with E-state index >= 15 is 0 Å². The second kappa shape index (κ2) is 5.10. The van der Waals surface area contributed by atoms with Crippen molar-refractivity contribution in [2.75, 3.05) is 39.8 Å². The third kappa shape index (κ3) is 3.95. The number of hydrogen-bond donors (Lipinski definition) is 1. The van der Waals surface area contributed by atoms with E-state index in [1.807, 2.05) is 0 Å². The molecule has 0 spiro atoms. The van der Waals surface area contributed by atoms with Crippen LogP contribution >= 0.6 is 0 Å². The van der Waals surface area contributed by atoms with E-state index in [2.05, 4.69) is 30.7 Å². The van der Waals surface area contributed by atoms with Crippen LogP contribution in [0.15, 0.2) is 0 Å². The molecule has 2 N–H and O–H groups in total. The number of nitrogens with two attached hydrogens (primary N) is 1. The third-order valence-corrected chi connectivity index (χ3v) is 3.00. The van der Waals surface area contributed by atoms with Gasteiger partial charge in [0.05, 0.1) is 0 Å². The highest BCUT2D eigenvalue weighted by Gasteiger charge is 2.23. The molecule has 1 atom stereocenters. The van der Waals surface area contributed by atoms with Crippen LogP contribution in [-0.2, 0) is 0 Å². The van der Waals surface area contributed by atoms with Gasteiger partial charge in [0.15, 0.2) is 0 Å². The molecule has 84 valence electrons. The zero-order valence-corrected chi connectivity index (χ0v) is 9.92. The van der Waals surface area contributed by atoms with E-state index in [0.717, 1.165) is 13.0 Å². The van der Waals surface area contributed by atoms with Gasteiger partial charge in [-0.05, 0) is 20.4 Å². The first-order chi connectivity index (χ1) is 6.53. The molecule has 0 aromatic heterocycles. The van der Waals surface area contributed by atoms with Crippen LogP contribution in [0.3, 0.4) is 0 Å². The number of nitrogens with zero attached hydrogens (tertiary/aromatic N) is 2. The van der Waals surface area contributed by atoms with E-state index in [1.165, 1.54) is 32.6 Å². The fraction of sp³-hybridized carbons (Fsp3) is 1.00. The van der Waals surface area contributed by atoms with Gasteiger partial charge in [0.1, 0.15) is 0 Å². The first-order valence-corrected chi connectivity index (χ1v) is 5.73. The van der Waals surface area contributed by atoms with Gasteiger partial charge in [0.25, 0.3) is 0 Å². The predicted octanol–water partition coefficient (Wildman–Crippen LogP) is 0.751. The van der Waals surface area contributed by atoms with E-state index in [9.17, 15) is 0 Å². The van der Waals surface area contributed by atoms with Crippen molar-refractivity contribution in [2.45, 2.75) is 32.2 Å². The highest BCUT2D eigenvalue weighted by Crippen LogP contribution is 2.12. The zero-order valence-electron chi connectivity index (χ0n) is 9.92. The molecule has 14 heavy (non-hydrogen) atoms. The summed E-state index contributed by atoms with van der Waals surface area (Å²) in [6, 6.07) is 0. The highest BCUT2D eigenvalue weighted by molar-refractivity contribution is 4.84. The Labute approximate surface area is 88.2 Å². The molecule has 1 aliphatic rings. The molecular weight excluding hydrogens is 174 g/mol. The molecule has 0 bridgehead atoms. The summed E-state index contributed by atoms with van der Waals surface area (Å²) in [7, 11) is 2.19. The first-order valence-electron chi connectivity index (χ1n) is 5.73. The summed E-state index contributed by atoms with van der Waals surface area (Å²) < 4.78 is 0. The SMILES string of the molecule is CCCC(C)(N)CN1CCN(C)CC1. The molecular formula is C11H25N3. The number of piperazine rings is 1. The number of hydrogen-bond acceptors (Lipinski definition) is 3. The van der Waals surface area contributed by atoms with Crippen LogP contribution in [0.2, 0.25) is 0 Å². The topological polar surface area (TPSA) is 32.5 Å².